The summed E-state index contributed by atoms with van der Waals surface area (Å²) in [6, 6.07) is 0. The molecular weight excluding hydrogens is 160 g/mol. The molecule has 0 aliphatic heterocycles. The number of rotatable bonds is 7. The van der Waals surface area contributed by atoms with E-state index in [0.717, 1.165) is 0 Å². The van der Waals surface area contributed by atoms with Crippen molar-refractivity contribution in [3.05, 3.63) is 0 Å². The molecule has 0 saturated heterocycles. The predicted molar refractivity (Wildman–Crippen MR) is 45.0 cm³/mol. The van der Waals surface area contributed by atoms with Crippen molar-refractivity contribution in [1.29, 1.82) is 0 Å². The van der Waals surface area contributed by atoms with Crippen molar-refractivity contribution in [1.82, 2.24) is 0 Å². The van der Waals surface area contributed by atoms with Crippen molar-refractivity contribution in [3.8, 4) is 0 Å². The molecule has 0 aromatic rings. The Balaban J connectivity index is 3.62. The van der Waals surface area contributed by atoms with E-state index in [1.165, 1.54) is 0 Å². The van der Waals surface area contributed by atoms with Crippen molar-refractivity contribution in [2.45, 2.75) is 26.1 Å². The van der Waals surface area contributed by atoms with E-state index < -0.39 is 0 Å². The Bertz CT molecular complexity index is 97.1. The molecule has 74 valence electrons. The highest BCUT2D eigenvalue weighted by Gasteiger charge is 2.16. The van der Waals surface area contributed by atoms with Crippen LogP contribution in [-0.2, 0) is 9.47 Å². The van der Waals surface area contributed by atoms with E-state index in [4.69, 9.17) is 19.7 Å². The zero-order chi connectivity index (χ0) is 9.40. The van der Waals surface area contributed by atoms with Crippen LogP contribution in [0.4, 0.5) is 0 Å². The highest BCUT2D eigenvalue weighted by Crippen LogP contribution is 2.02. The Kier molecular flexibility index (Phi) is 7.39. The van der Waals surface area contributed by atoms with Gasteiger partial charge in [0.1, 0.15) is 6.10 Å². The zero-order valence-electron chi connectivity index (χ0n) is 7.69. The smallest absolute Gasteiger partial charge is 0.106 e. The molecule has 4 nitrogen and oxygen atoms in total. The maximum Gasteiger partial charge on any atom is 0.106 e. The van der Waals surface area contributed by atoms with Crippen LogP contribution in [0.5, 0.6) is 0 Å². The summed E-state index contributed by atoms with van der Waals surface area (Å²) in [7, 11) is 0. The second-order valence-electron chi connectivity index (χ2n) is 2.48. The molecule has 0 aromatic heterocycles. The van der Waals surface area contributed by atoms with Crippen LogP contribution in [-0.4, -0.2) is 48.8 Å². The van der Waals surface area contributed by atoms with E-state index in [1.54, 1.807) is 0 Å². The average Bonchev–Trinajstić information content (AvgIpc) is 2.06. The molecule has 4 heteroatoms. The van der Waals surface area contributed by atoms with Crippen molar-refractivity contribution in [2.24, 2.45) is 0 Å². The lowest BCUT2D eigenvalue weighted by Gasteiger charge is -2.21. The first kappa shape index (κ1) is 11.8. The molecule has 0 rings (SSSR count). The molecule has 0 amide bonds. The lowest BCUT2D eigenvalue weighted by atomic mass is 10.2. The van der Waals surface area contributed by atoms with Gasteiger partial charge >= 0.3 is 0 Å². The highest BCUT2D eigenvalue weighted by molar-refractivity contribution is 4.64. The van der Waals surface area contributed by atoms with Gasteiger partial charge < -0.3 is 19.7 Å². The molecule has 2 atom stereocenters. The van der Waals surface area contributed by atoms with Crippen molar-refractivity contribution < 1.29 is 19.7 Å². The van der Waals surface area contributed by atoms with E-state index in [1.807, 2.05) is 13.8 Å². The largest absolute Gasteiger partial charge is 0.394 e. The van der Waals surface area contributed by atoms with Crippen molar-refractivity contribution >= 4 is 0 Å². The van der Waals surface area contributed by atoms with Gasteiger partial charge in [0.2, 0.25) is 0 Å². The molecule has 0 bridgehead atoms. The molecule has 0 spiro atoms. The van der Waals surface area contributed by atoms with Gasteiger partial charge in [-0.3, -0.25) is 0 Å². The molecule has 0 saturated carbocycles. The third-order valence-corrected chi connectivity index (χ3v) is 1.56. The Morgan fingerprint density at radius 2 is 1.92 bits per heavy atom. The highest BCUT2D eigenvalue weighted by atomic mass is 16.5. The third kappa shape index (κ3) is 4.66. The van der Waals surface area contributed by atoms with Crippen molar-refractivity contribution in [3.63, 3.8) is 0 Å². The first-order chi connectivity index (χ1) is 5.76. The van der Waals surface area contributed by atoms with E-state index in [9.17, 15) is 0 Å². The van der Waals surface area contributed by atoms with Gasteiger partial charge in [-0.2, -0.15) is 0 Å². The summed E-state index contributed by atoms with van der Waals surface area (Å²) in [6.07, 6.45) is -0.469. The fraction of sp³-hybridized carbons (Fsp3) is 1.00. The fourth-order valence-corrected chi connectivity index (χ4v) is 0.911. The second-order valence-corrected chi connectivity index (χ2v) is 2.48. The van der Waals surface area contributed by atoms with Crippen LogP contribution < -0.4 is 0 Å². The number of aliphatic hydroxyl groups excluding tert-OH is 2. The Labute approximate surface area is 73.1 Å². The van der Waals surface area contributed by atoms with Gasteiger partial charge in [-0.05, 0) is 13.8 Å². The molecule has 0 fully saturated rings. The average molecular weight is 178 g/mol. The molecular formula is C8H18O4. The predicted octanol–water partition coefficient (Wildman–Crippen LogP) is -0.219. The van der Waals surface area contributed by atoms with E-state index >= 15 is 0 Å². The van der Waals surface area contributed by atoms with Crippen LogP contribution >= 0.6 is 0 Å². The van der Waals surface area contributed by atoms with Crippen LogP contribution in [0, 0.1) is 0 Å². The minimum Gasteiger partial charge on any atom is -0.394 e. The van der Waals surface area contributed by atoms with Crippen LogP contribution in [0.25, 0.3) is 0 Å². The van der Waals surface area contributed by atoms with Gasteiger partial charge in [-0.1, -0.05) is 0 Å². The third-order valence-electron chi connectivity index (χ3n) is 1.56. The van der Waals surface area contributed by atoms with Gasteiger partial charge in [0.15, 0.2) is 0 Å². The van der Waals surface area contributed by atoms with Crippen LogP contribution in [0.15, 0.2) is 0 Å². The maximum absolute atomic E-state index is 8.86. The SMILES string of the molecule is CCOC(C)C(CO)OCCO. The summed E-state index contributed by atoms with van der Waals surface area (Å²) in [6.45, 7) is 4.44. The lowest BCUT2D eigenvalue weighted by molar-refractivity contribution is -0.0882. The van der Waals surface area contributed by atoms with E-state index in [2.05, 4.69) is 0 Å². The number of hydrogen-bond donors (Lipinski definition) is 2. The Morgan fingerprint density at radius 3 is 2.33 bits per heavy atom. The molecule has 12 heavy (non-hydrogen) atoms. The van der Waals surface area contributed by atoms with Gasteiger partial charge in [0.25, 0.3) is 0 Å². The number of hydrogen-bond acceptors (Lipinski definition) is 4. The van der Waals surface area contributed by atoms with Crippen LogP contribution in [0.2, 0.25) is 0 Å². The molecule has 0 aliphatic rings. The summed E-state index contributed by atoms with van der Waals surface area (Å²) >= 11 is 0. The molecule has 0 heterocycles. The van der Waals surface area contributed by atoms with Gasteiger partial charge in [0, 0.05) is 6.61 Å². The van der Waals surface area contributed by atoms with E-state index in [0.29, 0.717) is 6.61 Å². The van der Waals surface area contributed by atoms with E-state index in [-0.39, 0.29) is 32.0 Å². The fourth-order valence-electron chi connectivity index (χ4n) is 0.911. The topological polar surface area (TPSA) is 58.9 Å². The van der Waals surface area contributed by atoms with Crippen molar-refractivity contribution in [2.75, 3.05) is 26.4 Å². The molecule has 0 aromatic carbocycles. The monoisotopic (exact) mass is 178 g/mol. The number of ether oxygens (including phenoxy) is 2. The van der Waals surface area contributed by atoms with Crippen LogP contribution in [0.3, 0.4) is 0 Å². The van der Waals surface area contributed by atoms with Gasteiger partial charge in [-0.15, -0.1) is 0 Å². The molecule has 0 aliphatic carbocycles. The first-order valence-electron chi connectivity index (χ1n) is 4.21. The number of aliphatic hydroxyl groups is 2. The minimum atomic E-state index is -0.336. The Hall–Kier alpha value is -0.160. The summed E-state index contributed by atoms with van der Waals surface area (Å²) in [5.41, 5.74) is 0. The quantitative estimate of drug-likeness (QED) is 0.566. The molecule has 2 unspecified atom stereocenters. The summed E-state index contributed by atoms with van der Waals surface area (Å²) < 4.78 is 10.4. The Morgan fingerprint density at radius 1 is 1.25 bits per heavy atom. The lowest BCUT2D eigenvalue weighted by Crippen LogP contribution is -2.33. The molecule has 0 radical (unpaired) electrons. The zero-order valence-corrected chi connectivity index (χ0v) is 7.69. The normalized spacial score (nSPS) is 16.0. The summed E-state index contributed by atoms with van der Waals surface area (Å²) in [5.74, 6) is 0. The molecule has 2 N–H and O–H groups in total. The first-order valence-corrected chi connectivity index (χ1v) is 4.21. The van der Waals surface area contributed by atoms with Gasteiger partial charge in [-0.25, -0.2) is 0 Å². The van der Waals surface area contributed by atoms with Gasteiger partial charge in [0.05, 0.1) is 25.9 Å². The second kappa shape index (κ2) is 7.49. The standard InChI is InChI=1S/C8H18O4/c1-3-11-7(2)8(6-10)12-5-4-9/h7-10H,3-6H2,1-2H3. The minimum absolute atomic E-state index is 0.0324. The summed E-state index contributed by atoms with van der Waals surface area (Å²) in [4.78, 5) is 0. The maximum atomic E-state index is 8.86. The summed E-state index contributed by atoms with van der Waals surface area (Å²) in [5, 5.41) is 17.3. The van der Waals surface area contributed by atoms with Crippen LogP contribution in [0.1, 0.15) is 13.8 Å².